The van der Waals surface area contributed by atoms with Crippen molar-refractivity contribution < 1.29 is 26.9 Å². The molecule has 0 saturated heterocycles. The molecule has 0 amide bonds. The molecule has 0 aliphatic heterocycles. The highest BCUT2D eigenvalue weighted by Crippen LogP contribution is 2.23. The molecule has 2 aromatic carbocycles. The molecule has 3 aromatic rings. The van der Waals surface area contributed by atoms with Crippen molar-refractivity contribution in [2.75, 3.05) is 13.1 Å². The molecule has 0 aliphatic rings. The van der Waals surface area contributed by atoms with E-state index in [1.54, 1.807) is 39.8 Å². The number of carbonyl (C=O) groups excluding carboxylic acids is 1. The number of aryl methyl sites for hydroxylation is 1. The lowest BCUT2D eigenvalue weighted by atomic mass is 10.1. The van der Waals surface area contributed by atoms with Crippen LogP contribution in [0, 0.1) is 12.7 Å². The van der Waals surface area contributed by atoms with Gasteiger partial charge in [-0.15, -0.1) is 0 Å². The lowest BCUT2D eigenvalue weighted by Gasteiger charge is -2.18. The molecule has 32 heavy (non-hydrogen) atoms. The van der Waals surface area contributed by atoms with Crippen molar-refractivity contribution in [2.24, 2.45) is 0 Å². The van der Waals surface area contributed by atoms with Crippen LogP contribution in [0.5, 0.6) is 0 Å². The monoisotopic (exact) mass is 461 g/mol. The zero-order valence-electron chi connectivity index (χ0n) is 18.2. The van der Waals surface area contributed by atoms with E-state index in [-0.39, 0.29) is 28.0 Å². The molecule has 0 bridgehead atoms. The van der Waals surface area contributed by atoms with Gasteiger partial charge in [-0.2, -0.15) is 9.29 Å². The van der Waals surface area contributed by atoms with Crippen molar-refractivity contribution in [3.05, 3.63) is 65.3 Å². The second kappa shape index (κ2) is 9.58. The van der Waals surface area contributed by atoms with Crippen molar-refractivity contribution in [3.8, 4) is 11.4 Å². The highest BCUT2D eigenvalue weighted by Gasteiger charge is 2.23. The molecule has 1 aromatic heterocycles. The molecular formula is C22H24FN3O5S. The Morgan fingerprint density at radius 3 is 2.41 bits per heavy atom. The number of ether oxygens (including phenoxy) is 1. The molecule has 0 aliphatic carbocycles. The van der Waals surface area contributed by atoms with Crippen LogP contribution in [0.4, 0.5) is 4.39 Å². The Morgan fingerprint density at radius 1 is 1.16 bits per heavy atom. The molecule has 170 valence electrons. The topological polar surface area (TPSA) is 103 Å². The predicted octanol–water partition coefficient (Wildman–Crippen LogP) is 4.13. The van der Waals surface area contributed by atoms with Crippen molar-refractivity contribution in [2.45, 2.75) is 38.7 Å². The number of aromatic nitrogens is 2. The highest BCUT2D eigenvalue weighted by atomic mass is 32.2. The van der Waals surface area contributed by atoms with Gasteiger partial charge in [-0.05, 0) is 49.7 Å². The van der Waals surface area contributed by atoms with Crippen molar-refractivity contribution in [1.29, 1.82) is 0 Å². The predicted molar refractivity (Wildman–Crippen MR) is 115 cm³/mol. The molecule has 3 rings (SSSR count). The smallest absolute Gasteiger partial charge is 0.338 e. The maximum Gasteiger partial charge on any atom is 0.338 e. The standard InChI is InChI=1S/C22H24FN3O5S/c1-5-26(6-2)32(28,29)18-11-9-16(10-12-18)22(27)30-15(4)21-24-20(25-31-21)17-8-7-14(3)19(23)13-17/h7-13,15H,5-6H2,1-4H3. The van der Waals surface area contributed by atoms with E-state index in [0.29, 0.717) is 24.2 Å². The summed E-state index contributed by atoms with van der Waals surface area (Å²) in [5, 5.41) is 3.81. The number of halogens is 1. The third-order valence-electron chi connectivity index (χ3n) is 4.94. The molecule has 0 radical (unpaired) electrons. The van der Waals surface area contributed by atoms with Crippen LogP contribution in [0.1, 0.15) is 48.7 Å². The van der Waals surface area contributed by atoms with Crippen LogP contribution in [0.3, 0.4) is 0 Å². The molecule has 0 saturated carbocycles. The van der Waals surface area contributed by atoms with E-state index in [0.717, 1.165) is 0 Å². The van der Waals surface area contributed by atoms with Crippen molar-refractivity contribution in [3.63, 3.8) is 0 Å². The second-order valence-electron chi connectivity index (χ2n) is 7.08. The summed E-state index contributed by atoms with van der Waals surface area (Å²) in [5.41, 5.74) is 1.11. The van der Waals surface area contributed by atoms with Crippen LogP contribution in [0.25, 0.3) is 11.4 Å². The summed E-state index contributed by atoms with van der Waals surface area (Å²) in [6.45, 7) is 7.42. The summed E-state index contributed by atoms with van der Waals surface area (Å²) < 4.78 is 50.7. The van der Waals surface area contributed by atoms with Crippen LogP contribution in [0.2, 0.25) is 0 Å². The van der Waals surface area contributed by atoms with Gasteiger partial charge in [0.1, 0.15) is 5.82 Å². The van der Waals surface area contributed by atoms with Crippen LogP contribution in [0.15, 0.2) is 51.9 Å². The molecule has 10 heteroatoms. The van der Waals surface area contributed by atoms with Crippen molar-refractivity contribution >= 4 is 16.0 Å². The van der Waals surface area contributed by atoms with Crippen molar-refractivity contribution in [1.82, 2.24) is 14.4 Å². The fourth-order valence-corrected chi connectivity index (χ4v) is 4.46. The fraction of sp³-hybridized carbons (Fsp3) is 0.318. The summed E-state index contributed by atoms with van der Waals surface area (Å²) in [6, 6.07) is 10.1. The van der Waals surface area contributed by atoms with Gasteiger partial charge in [0.05, 0.1) is 10.5 Å². The third-order valence-corrected chi connectivity index (χ3v) is 7.00. The summed E-state index contributed by atoms with van der Waals surface area (Å²) in [5.74, 6) is -0.840. The maximum atomic E-state index is 13.8. The molecule has 8 nitrogen and oxygen atoms in total. The molecule has 1 unspecified atom stereocenters. The molecule has 1 heterocycles. The van der Waals surface area contributed by atoms with E-state index in [2.05, 4.69) is 10.1 Å². The van der Waals surface area contributed by atoms with E-state index in [9.17, 15) is 17.6 Å². The van der Waals surface area contributed by atoms with E-state index in [1.807, 2.05) is 0 Å². The van der Waals surface area contributed by atoms with E-state index >= 15 is 0 Å². The Hall–Kier alpha value is -3.11. The summed E-state index contributed by atoms with van der Waals surface area (Å²) in [7, 11) is -3.62. The minimum Gasteiger partial charge on any atom is -0.449 e. The second-order valence-corrected chi connectivity index (χ2v) is 9.02. The molecular weight excluding hydrogens is 437 g/mol. The number of hydrogen-bond donors (Lipinski definition) is 0. The zero-order chi connectivity index (χ0) is 23.5. The Balaban J connectivity index is 1.71. The van der Waals surface area contributed by atoms with Gasteiger partial charge >= 0.3 is 5.97 Å². The van der Waals surface area contributed by atoms with Gasteiger partial charge in [0.25, 0.3) is 5.89 Å². The average molecular weight is 462 g/mol. The van der Waals surface area contributed by atoms with Gasteiger partial charge < -0.3 is 9.26 Å². The van der Waals surface area contributed by atoms with Crippen LogP contribution >= 0.6 is 0 Å². The molecule has 1 atom stereocenters. The van der Waals surface area contributed by atoms with E-state index < -0.39 is 22.1 Å². The third kappa shape index (κ3) is 4.86. The molecule has 0 spiro atoms. The normalized spacial score (nSPS) is 12.7. The van der Waals surface area contributed by atoms with Gasteiger partial charge in [0, 0.05) is 18.7 Å². The largest absolute Gasteiger partial charge is 0.449 e. The number of rotatable bonds is 8. The number of nitrogens with zero attached hydrogens (tertiary/aromatic N) is 3. The average Bonchev–Trinajstić information content (AvgIpc) is 3.27. The lowest BCUT2D eigenvalue weighted by molar-refractivity contribution is 0.0265. The Bertz CT molecular complexity index is 1200. The SMILES string of the molecule is CCN(CC)S(=O)(=O)c1ccc(C(=O)OC(C)c2nc(-c3ccc(C)c(F)c3)no2)cc1. The Kier molecular flexibility index (Phi) is 7.05. The summed E-state index contributed by atoms with van der Waals surface area (Å²) in [6.07, 6.45) is -0.863. The molecule has 0 N–H and O–H groups in total. The first-order chi connectivity index (χ1) is 15.2. The maximum absolute atomic E-state index is 13.8. The van der Waals surface area contributed by atoms with Crippen LogP contribution in [-0.2, 0) is 14.8 Å². The van der Waals surface area contributed by atoms with Gasteiger partial charge in [-0.1, -0.05) is 31.1 Å². The number of hydrogen-bond acceptors (Lipinski definition) is 7. The minimum atomic E-state index is -3.62. The quantitative estimate of drug-likeness (QED) is 0.465. The van der Waals surface area contributed by atoms with Crippen LogP contribution in [-0.4, -0.2) is 41.9 Å². The number of benzene rings is 2. The first-order valence-electron chi connectivity index (χ1n) is 10.1. The first kappa shape index (κ1) is 23.6. The molecule has 0 fully saturated rings. The summed E-state index contributed by atoms with van der Waals surface area (Å²) >= 11 is 0. The van der Waals surface area contributed by atoms with Gasteiger partial charge in [-0.3, -0.25) is 0 Å². The highest BCUT2D eigenvalue weighted by molar-refractivity contribution is 7.89. The number of esters is 1. The zero-order valence-corrected chi connectivity index (χ0v) is 19.0. The number of sulfonamides is 1. The van der Waals surface area contributed by atoms with Gasteiger partial charge in [-0.25, -0.2) is 17.6 Å². The number of carbonyl (C=O) groups is 1. The Labute approximate surface area is 186 Å². The summed E-state index contributed by atoms with van der Waals surface area (Å²) in [4.78, 5) is 16.7. The Morgan fingerprint density at radius 2 is 1.81 bits per heavy atom. The lowest BCUT2D eigenvalue weighted by Crippen LogP contribution is -2.30. The van der Waals surface area contributed by atoms with Crippen LogP contribution < -0.4 is 0 Å². The first-order valence-corrected chi connectivity index (χ1v) is 11.5. The fourth-order valence-electron chi connectivity index (χ4n) is 3.00. The van der Waals surface area contributed by atoms with E-state index in [1.165, 1.54) is 34.6 Å². The van der Waals surface area contributed by atoms with Gasteiger partial charge in [0.15, 0.2) is 6.10 Å². The van der Waals surface area contributed by atoms with Gasteiger partial charge in [0.2, 0.25) is 15.8 Å². The van der Waals surface area contributed by atoms with E-state index in [4.69, 9.17) is 9.26 Å². The minimum absolute atomic E-state index is 0.0510.